The number of carbonyl (C=O) groups is 2. The Bertz CT molecular complexity index is 245. The fourth-order valence-corrected chi connectivity index (χ4v) is 0.702. The van der Waals surface area contributed by atoms with E-state index in [2.05, 4.69) is 0 Å². The van der Waals surface area contributed by atoms with Gasteiger partial charge in [0.1, 0.15) is 5.71 Å². The number of hydrogen-bond donors (Lipinski definition) is 4. The molecule has 0 aromatic rings. The van der Waals surface area contributed by atoms with E-state index >= 15 is 0 Å². The zero-order valence-corrected chi connectivity index (χ0v) is 5.76. The molecule has 3 amide bonds. The van der Waals surface area contributed by atoms with Gasteiger partial charge in [0.25, 0.3) is 5.91 Å². The Kier molecular flexibility index (Phi) is 1.41. The lowest BCUT2D eigenvalue weighted by Gasteiger charge is -2.28. The van der Waals surface area contributed by atoms with Crippen LogP contribution in [-0.2, 0) is 4.79 Å². The number of nitrogens with one attached hydrogen (secondary N) is 3. The molecule has 0 bridgehead atoms. The van der Waals surface area contributed by atoms with Gasteiger partial charge in [-0.25, -0.2) is 4.79 Å². The third-order valence-corrected chi connectivity index (χ3v) is 1.30. The van der Waals surface area contributed by atoms with Crippen molar-refractivity contribution in [3.63, 3.8) is 0 Å². The highest BCUT2D eigenvalue weighted by molar-refractivity contribution is 6.44. The maximum Gasteiger partial charge on any atom is 0.324 e. The summed E-state index contributed by atoms with van der Waals surface area (Å²) in [4.78, 5) is 21.2. The minimum absolute atomic E-state index is 0.572. The molecule has 1 heterocycles. The van der Waals surface area contributed by atoms with E-state index in [1.807, 2.05) is 10.6 Å². The first kappa shape index (κ1) is 7.67. The molecule has 6 nitrogen and oxygen atoms in total. The van der Waals surface area contributed by atoms with Gasteiger partial charge in [-0.3, -0.25) is 15.5 Å². The Morgan fingerprint density at radius 2 is 2.09 bits per heavy atom. The monoisotopic (exact) mass is 157 g/mol. The van der Waals surface area contributed by atoms with Crippen LogP contribution in [0.3, 0.4) is 0 Å². The zero-order valence-electron chi connectivity index (χ0n) is 5.76. The smallest absolute Gasteiger partial charge is 0.324 e. The van der Waals surface area contributed by atoms with Gasteiger partial charge in [-0.15, -0.1) is 0 Å². The summed E-state index contributed by atoms with van der Waals surface area (Å²) in [7, 11) is 0. The second-order valence-corrected chi connectivity index (χ2v) is 2.36. The van der Waals surface area contributed by atoms with Crippen LogP contribution in [0.1, 0.15) is 6.92 Å². The predicted molar refractivity (Wildman–Crippen MR) is 35.0 cm³/mol. The summed E-state index contributed by atoms with van der Waals surface area (Å²) in [5, 5.41) is 20.0. The van der Waals surface area contributed by atoms with E-state index in [1.54, 1.807) is 0 Å². The summed E-state index contributed by atoms with van der Waals surface area (Å²) in [5.74, 6) is -0.876. The van der Waals surface area contributed by atoms with E-state index < -0.39 is 23.4 Å². The van der Waals surface area contributed by atoms with E-state index in [0.717, 1.165) is 6.92 Å². The van der Waals surface area contributed by atoms with Crippen molar-refractivity contribution in [2.45, 2.75) is 12.6 Å². The normalized spacial score (nSPS) is 31.3. The van der Waals surface area contributed by atoms with Crippen LogP contribution in [0.15, 0.2) is 0 Å². The minimum Gasteiger partial charge on any atom is -0.366 e. The van der Waals surface area contributed by atoms with Crippen LogP contribution in [0.25, 0.3) is 0 Å². The van der Waals surface area contributed by atoms with Crippen LogP contribution in [0.5, 0.6) is 0 Å². The van der Waals surface area contributed by atoms with Gasteiger partial charge < -0.3 is 10.4 Å². The topological polar surface area (TPSA) is 102 Å². The summed E-state index contributed by atoms with van der Waals surface area (Å²) in [6, 6.07) is -0.795. The van der Waals surface area contributed by atoms with Crippen molar-refractivity contribution in [2.24, 2.45) is 0 Å². The van der Waals surface area contributed by atoms with Gasteiger partial charge in [0, 0.05) is 0 Å². The lowest BCUT2D eigenvalue weighted by Crippen LogP contribution is -2.65. The number of rotatable bonds is 0. The molecule has 4 N–H and O–H groups in total. The lowest BCUT2D eigenvalue weighted by atomic mass is 10.1. The second kappa shape index (κ2) is 2.03. The molecule has 11 heavy (non-hydrogen) atoms. The van der Waals surface area contributed by atoms with E-state index in [0.29, 0.717) is 0 Å². The van der Waals surface area contributed by atoms with Gasteiger partial charge in [-0.2, -0.15) is 0 Å². The molecule has 0 radical (unpaired) electrons. The average Bonchev–Trinajstić information content (AvgIpc) is 1.81. The van der Waals surface area contributed by atoms with Crippen LogP contribution in [0.4, 0.5) is 4.79 Å². The molecule has 1 aliphatic heterocycles. The number of aliphatic hydroxyl groups is 1. The van der Waals surface area contributed by atoms with E-state index in [4.69, 9.17) is 10.5 Å². The summed E-state index contributed by atoms with van der Waals surface area (Å²) in [6.45, 7) is 1.16. The fraction of sp³-hybridized carbons (Fsp3) is 0.400. The number of hydrogen-bond acceptors (Lipinski definition) is 4. The molecule has 6 heteroatoms. The molecule has 1 aliphatic rings. The number of urea groups is 1. The molecule has 0 aromatic heterocycles. The summed E-state index contributed by atoms with van der Waals surface area (Å²) in [5.41, 5.74) is -2.42. The molecule has 1 atom stereocenters. The van der Waals surface area contributed by atoms with Crippen LogP contribution >= 0.6 is 0 Å². The fourth-order valence-electron chi connectivity index (χ4n) is 0.702. The van der Waals surface area contributed by atoms with Crippen LogP contribution in [0, 0.1) is 5.41 Å². The Balaban J connectivity index is 2.92. The standard InChI is InChI=1S/C5H7N3O3/c1-5(11)2(6)3(9)7-4(10)8-5/h6,11H,1H3,(H2,7,8,9,10). The lowest BCUT2D eigenvalue weighted by molar-refractivity contribution is -0.115. The molecule has 1 unspecified atom stereocenters. The average molecular weight is 157 g/mol. The third kappa shape index (κ3) is 1.20. The van der Waals surface area contributed by atoms with E-state index in [9.17, 15) is 9.59 Å². The molecular formula is C5H7N3O3. The number of imide groups is 1. The van der Waals surface area contributed by atoms with Gasteiger partial charge in [0.2, 0.25) is 0 Å². The zero-order chi connectivity index (χ0) is 8.65. The van der Waals surface area contributed by atoms with E-state index in [1.165, 1.54) is 0 Å². The maximum absolute atomic E-state index is 10.7. The van der Waals surface area contributed by atoms with Gasteiger partial charge in [-0.05, 0) is 6.92 Å². The first-order valence-electron chi connectivity index (χ1n) is 2.88. The highest BCUT2D eigenvalue weighted by Gasteiger charge is 2.38. The summed E-state index contributed by atoms with van der Waals surface area (Å²) >= 11 is 0. The third-order valence-electron chi connectivity index (χ3n) is 1.30. The highest BCUT2D eigenvalue weighted by Crippen LogP contribution is 2.04. The van der Waals surface area contributed by atoms with E-state index in [-0.39, 0.29) is 0 Å². The maximum atomic E-state index is 10.7. The van der Waals surface area contributed by atoms with Crippen molar-refractivity contribution in [1.29, 1.82) is 5.41 Å². The molecule has 0 aromatic carbocycles. The van der Waals surface area contributed by atoms with Gasteiger partial charge in [0.05, 0.1) is 0 Å². The van der Waals surface area contributed by atoms with Crippen LogP contribution in [-0.4, -0.2) is 28.5 Å². The van der Waals surface area contributed by atoms with Gasteiger partial charge >= 0.3 is 6.03 Å². The number of amides is 3. The molecule has 0 aliphatic carbocycles. The Morgan fingerprint density at radius 3 is 2.55 bits per heavy atom. The highest BCUT2D eigenvalue weighted by atomic mass is 16.3. The second-order valence-electron chi connectivity index (χ2n) is 2.36. The van der Waals surface area contributed by atoms with Crippen LogP contribution in [0.2, 0.25) is 0 Å². The van der Waals surface area contributed by atoms with Gasteiger partial charge in [-0.1, -0.05) is 0 Å². The molecule has 1 saturated heterocycles. The minimum atomic E-state index is -1.85. The Hall–Kier alpha value is -1.43. The Morgan fingerprint density at radius 1 is 1.55 bits per heavy atom. The van der Waals surface area contributed by atoms with Crippen molar-refractivity contribution in [2.75, 3.05) is 0 Å². The molecule has 0 saturated carbocycles. The largest absolute Gasteiger partial charge is 0.366 e. The van der Waals surface area contributed by atoms with Crippen LogP contribution < -0.4 is 10.6 Å². The van der Waals surface area contributed by atoms with Crippen molar-refractivity contribution in [1.82, 2.24) is 10.6 Å². The SMILES string of the molecule is CC1(O)NC(=O)NC(=O)C1=N. The van der Waals surface area contributed by atoms with Crippen molar-refractivity contribution in [3.05, 3.63) is 0 Å². The Labute approximate surface area is 62.1 Å². The quantitative estimate of drug-likeness (QED) is 0.346. The van der Waals surface area contributed by atoms with Gasteiger partial charge in [0.15, 0.2) is 5.72 Å². The molecule has 1 fully saturated rings. The molecule has 1 rings (SSSR count). The molecule has 60 valence electrons. The molecule has 0 spiro atoms. The van der Waals surface area contributed by atoms with Crippen molar-refractivity contribution < 1.29 is 14.7 Å². The number of carbonyl (C=O) groups excluding carboxylic acids is 2. The summed E-state index contributed by atoms with van der Waals surface area (Å²) < 4.78 is 0. The molecular weight excluding hydrogens is 150 g/mol. The predicted octanol–water partition coefficient (Wildman–Crippen LogP) is -1.45. The first-order valence-corrected chi connectivity index (χ1v) is 2.88. The van der Waals surface area contributed by atoms with Crippen molar-refractivity contribution >= 4 is 17.6 Å². The van der Waals surface area contributed by atoms with Crippen molar-refractivity contribution in [3.8, 4) is 0 Å². The first-order chi connectivity index (χ1) is 4.93. The summed E-state index contributed by atoms with van der Waals surface area (Å²) in [6.07, 6.45) is 0.